The molecular formula is C15H24N2. The molecule has 1 N–H and O–H groups in total. The van der Waals surface area contributed by atoms with Gasteiger partial charge in [-0.05, 0) is 31.7 Å². The van der Waals surface area contributed by atoms with E-state index in [2.05, 4.69) is 47.5 Å². The molecule has 0 spiro atoms. The van der Waals surface area contributed by atoms with Gasteiger partial charge in [-0.25, -0.2) is 0 Å². The normalized spacial score (nSPS) is 19.1. The average molecular weight is 232 g/mol. The van der Waals surface area contributed by atoms with E-state index in [4.69, 9.17) is 0 Å². The SMILES string of the molecule is CC(CCCc1ccccc1)N1CCNCC1. The third-order valence-corrected chi connectivity index (χ3v) is 3.71. The van der Waals surface area contributed by atoms with E-state index in [0.29, 0.717) is 0 Å². The van der Waals surface area contributed by atoms with Crippen molar-refractivity contribution in [1.29, 1.82) is 0 Å². The van der Waals surface area contributed by atoms with Crippen LogP contribution < -0.4 is 5.32 Å². The van der Waals surface area contributed by atoms with Gasteiger partial charge in [0.1, 0.15) is 0 Å². The van der Waals surface area contributed by atoms with Crippen molar-refractivity contribution in [2.24, 2.45) is 0 Å². The third-order valence-electron chi connectivity index (χ3n) is 3.71. The number of hydrogen-bond acceptors (Lipinski definition) is 2. The van der Waals surface area contributed by atoms with Crippen LogP contribution in [0.2, 0.25) is 0 Å². The Morgan fingerprint density at radius 3 is 2.59 bits per heavy atom. The van der Waals surface area contributed by atoms with Gasteiger partial charge in [-0.2, -0.15) is 0 Å². The first kappa shape index (κ1) is 12.6. The first-order chi connectivity index (χ1) is 8.36. The maximum Gasteiger partial charge on any atom is 0.0110 e. The van der Waals surface area contributed by atoms with Gasteiger partial charge in [0.2, 0.25) is 0 Å². The molecule has 1 aliphatic rings. The number of nitrogens with one attached hydrogen (secondary N) is 1. The minimum atomic E-state index is 0.737. The van der Waals surface area contributed by atoms with Gasteiger partial charge in [0.05, 0.1) is 0 Å². The zero-order chi connectivity index (χ0) is 11.9. The largest absolute Gasteiger partial charge is 0.314 e. The van der Waals surface area contributed by atoms with Crippen molar-refractivity contribution in [2.75, 3.05) is 26.2 Å². The van der Waals surface area contributed by atoms with Crippen LogP contribution in [-0.2, 0) is 6.42 Å². The Labute approximate surface area is 105 Å². The number of hydrogen-bond donors (Lipinski definition) is 1. The second kappa shape index (κ2) is 6.77. The van der Waals surface area contributed by atoms with Gasteiger partial charge in [-0.15, -0.1) is 0 Å². The molecule has 0 aliphatic carbocycles. The van der Waals surface area contributed by atoms with E-state index in [1.165, 1.54) is 37.9 Å². The molecule has 1 saturated heterocycles. The van der Waals surface area contributed by atoms with Crippen LogP contribution in [0.3, 0.4) is 0 Å². The smallest absolute Gasteiger partial charge is 0.0110 e. The molecule has 2 nitrogen and oxygen atoms in total. The summed E-state index contributed by atoms with van der Waals surface area (Å²) in [6.45, 7) is 7.11. The second-order valence-corrected chi connectivity index (χ2v) is 5.01. The molecule has 0 saturated carbocycles. The highest BCUT2D eigenvalue weighted by molar-refractivity contribution is 5.14. The summed E-state index contributed by atoms with van der Waals surface area (Å²) in [5, 5.41) is 3.41. The lowest BCUT2D eigenvalue weighted by molar-refractivity contribution is 0.174. The van der Waals surface area contributed by atoms with Gasteiger partial charge in [-0.1, -0.05) is 30.3 Å². The first-order valence-corrected chi connectivity index (χ1v) is 6.85. The lowest BCUT2D eigenvalue weighted by Crippen LogP contribution is -2.47. The quantitative estimate of drug-likeness (QED) is 0.838. The molecule has 0 amide bonds. The van der Waals surface area contributed by atoms with Gasteiger partial charge in [0.25, 0.3) is 0 Å². The summed E-state index contributed by atoms with van der Waals surface area (Å²) in [7, 11) is 0. The third kappa shape index (κ3) is 4.14. The molecule has 0 aromatic heterocycles. The van der Waals surface area contributed by atoms with Crippen LogP contribution in [0.15, 0.2) is 30.3 Å². The first-order valence-electron chi connectivity index (χ1n) is 6.85. The van der Waals surface area contributed by atoms with E-state index in [1.807, 2.05) is 0 Å². The summed E-state index contributed by atoms with van der Waals surface area (Å²) in [5.41, 5.74) is 1.47. The van der Waals surface area contributed by atoms with E-state index in [9.17, 15) is 0 Å². The van der Waals surface area contributed by atoms with Crippen molar-refractivity contribution in [3.63, 3.8) is 0 Å². The Morgan fingerprint density at radius 1 is 1.18 bits per heavy atom. The standard InChI is InChI=1S/C15H24N2/c1-14(17-12-10-16-11-13-17)6-5-9-15-7-3-2-4-8-15/h2-4,7-8,14,16H,5-6,9-13H2,1H3. The van der Waals surface area contributed by atoms with Gasteiger partial charge in [-0.3, -0.25) is 4.90 Å². The topological polar surface area (TPSA) is 15.3 Å². The molecule has 1 aromatic carbocycles. The number of benzene rings is 1. The highest BCUT2D eigenvalue weighted by Crippen LogP contribution is 2.11. The molecule has 17 heavy (non-hydrogen) atoms. The highest BCUT2D eigenvalue weighted by atomic mass is 15.2. The van der Waals surface area contributed by atoms with Crippen molar-refractivity contribution in [3.05, 3.63) is 35.9 Å². The molecule has 0 radical (unpaired) electrons. The molecule has 1 unspecified atom stereocenters. The predicted octanol–water partition coefficient (Wildman–Crippen LogP) is 2.30. The van der Waals surface area contributed by atoms with Crippen LogP contribution in [0.25, 0.3) is 0 Å². The van der Waals surface area contributed by atoms with Crippen LogP contribution in [0.1, 0.15) is 25.3 Å². The highest BCUT2D eigenvalue weighted by Gasteiger charge is 2.15. The van der Waals surface area contributed by atoms with E-state index in [-0.39, 0.29) is 0 Å². The van der Waals surface area contributed by atoms with E-state index < -0.39 is 0 Å². The summed E-state index contributed by atoms with van der Waals surface area (Å²) in [4.78, 5) is 2.61. The van der Waals surface area contributed by atoms with E-state index in [1.54, 1.807) is 0 Å². The molecule has 1 heterocycles. The van der Waals surface area contributed by atoms with Crippen molar-refractivity contribution < 1.29 is 0 Å². The van der Waals surface area contributed by atoms with Crippen molar-refractivity contribution in [3.8, 4) is 0 Å². The zero-order valence-corrected chi connectivity index (χ0v) is 10.9. The van der Waals surface area contributed by atoms with Crippen molar-refractivity contribution in [1.82, 2.24) is 10.2 Å². The Bertz CT molecular complexity index is 304. The second-order valence-electron chi connectivity index (χ2n) is 5.01. The fourth-order valence-corrected chi connectivity index (χ4v) is 2.55. The minimum absolute atomic E-state index is 0.737. The van der Waals surface area contributed by atoms with Gasteiger partial charge in [0, 0.05) is 32.2 Å². The minimum Gasteiger partial charge on any atom is -0.314 e. The zero-order valence-electron chi connectivity index (χ0n) is 10.9. The maximum absolute atomic E-state index is 3.41. The molecular weight excluding hydrogens is 208 g/mol. The van der Waals surface area contributed by atoms with Gasteiger partial charge in [0.15, 0.2) is 0 Å². The predicted molar refractivity (Wildman–Crippen MR) is 73.3 cm³/mol. The molecule has 1 atom stereocenters. The fraction of sp³-hybridized carbons (Fsp3) is 0.600. The van der Waals surface area contributed by atoms with Crippen LogP contribution in [-0.4, -0.2) is 37.1 Å². The summed E-state index contributed by atoms with van der Waals surface area (Å²) in [5.74, 6) is 0. The van der Waals surface area contributed by atoms with E-state index >= 15 is 0 Å². The van der Waals surface area contributed by atoms with E-state index in [0.717, 1.165) is 19.1 Å². The van der Waals surface area contributed by atoms with Crippen LogP contribution in [0.5, 0.6) is 0 Å². The summed E-state index contributed by atoms with van der Waals surface area (Å²) < 4.78 is 0. The monoisotopic (exact) mass is 232 g/mol. The van der Waals surface area contributed by atoms with Crippen LogP contribution in [0.4, 0.5) is 0 Å². The Balaban J connectivity index is 1.67. The number of aryl methyl sites for hydroxylation is 1. The van der Waals surface area contributed by atoms with Gasteiger partial charge < -0.3 is 5.32 Å². The summed E-state index contributed by atoms with van der Waals surface area (Å²) in [6.07, 6.45) is 3.83. The Hall–Kier alpha value is -0.860. The number of nitrogens with zero attached hydrogens (tertiary/aromatic N) is 1. The lowest BCUT2D eigenvalue weighted by atomic mass is 10.0. The molecule has 2 heteroatoms. The average Bonchev–Trinajstić information content (AvgIpc) is 2.41. The Kier molecular flexibility index (Phi) is 5.02. The van der Waals surface area contributed by atoms with Crippen LogP contribution in [0, 0.1) is 0 Å². The maximum atomic E-state index is 3.41. The van der Waals surface area contributed by atoms with Crippen LogP contribution >= 0.6 is 0 Å². The van der Waals surface area contributed by atoms with Crippen molar-refractivity contribution >= 4 is 0 Å². The van der Waals surface area contributed by atoms with Gasteiger partial charge >= 0.3 is 0 Å². The summed E-state index contributed by atoms with van der Waals surface area (Å²) >= 11 is 0. The molecule has 1 aliphatic heterocycles. The Morgan fingerprint density at radius 2 is 1.88 bits per heavy atom. The summed E-state index contributed by atoms with van der Waals surface area (Å²) in [6, 6.07) is 11.6. The molecule has 2 rings (SSSR count). The molecule has 1 fully saturated rings. The molecule has 1 aromatic rings. The lowest BCUT2D eigenvalue weighted by Gasteiger charge is -2.32. The number of rotatable bonds is 5. The fourth-order valence-electron chi connectivity index (χ4n) is 2.55. The molecule has 0 bridgehead atoms. The molecule has 94 valence electrons. The number of piperazine rings is 1. The van der Waals surface area contributed by atoms with Crippen molar-refractivity contribution in [2.45, 2.75) is 32.2 Å².